The summed E-state index contributed by atoms with van der Waals surface area (Å²) in [5.41, 5.74) is 2.26. The monoisotopic (exact) mass is 457 g/mol. The molecular weight excluding hydrogens is 425 g/mol. The van der Waals surface area contributed by atoms with Gasteiger partial charge < -0.3 is 14.8 Å². The molecule has 33 heavy (non-hydrogen) atoms. The first-order chi connectivity index (χ1) is 15.7. The number of rotatable bonds is 6. The molecule has 1 spiro atoms. The second-order valence-corrected chi connectivity index (χ2v) is 9.99. The van der Waals surface area contributed by atoms with Crippen molar-refractivity contribution in [3.8, 4) is 0 Å². The van der Waals surface area contributed by atoms with Gasteiger partial charge in [-0.15, -0.1) is 0 Å². The van der Waals surface area contributed by atoms with Crippen molar-refractivity contribution >= 4 is 11.9 Å². The number of nitrogens with zero attached hydrogens (tertiary/aromatic N) is 2. The number of benzene rings is 1. The standard InChI is InChI=1S/C25H32FN3O4/c1-4-29-21-19(13-25(15-27-22(21)30)8-10-32-11-9-25)20(28-29)14-24(2,3)16-33-23(31)17-6-5-7-18(26)12-17/h5-7,12H,4,8-11,13-16H2,1-3H3,(H,27,30). The number of aromatic nitrogens is 2. The molecule has 1 aromatic heterocycles. The molecule has 1 aromatic carbocycles. The Balaban J connectivity index is 1.55. The highest BCUT2D eigenvalue weighted by molar-refractivity contribution is 5.95. The zero-order chi connectivity index (χ0) is 23.6. The Morgan fingerprint density at radius 2 is 2.09 bits per heavy atom. The van der Waals surface area contributed by atoms with Gasteiger partial charge in [-0.2, -0.15) is 5.10 Å². The van der Waals surface area contributed by atoms with E-state index in [2.05, 4.69) is 5.32 Å². The molecule has 1 N–H and O–H groups in total. The fraction of sp³-hybridized carbons (Fsp3) is 0.560. The molecule has 0 radical (unpaired) electrons. The first-order valence-electron chi connectivity index (χ1n) is 11.6. The summed E-state index contributed by atoms with van der Waals surface area (Å²) in [6.45, 7) is 8.78. The topological polar surface area (TPSA) is 82.5 Å². The SMILES string of the molecule is CCn1nc(CC(C)(C)COC(=O)c2cccc(F)c2)c2c1C(=O)NCC1(CCOCC1)C2. The van der Waals surface area contributed by atoms with Crippen molar-refractivity contribution in [2.45, 2.75) is 53.0 Å². The van der Waals surface area contributed by atoms with E-state index in [-0.39, 0.29) is 23.5 Å². The van der Waals surface area contributed by atoms with Gasteiger partial charge in [0.2, 0.25) is 0 Å². The molecule has 0 saturated carbocycles. The zero-order valence-electron chi connectivity index (χ0n) is 19.6. The Bertz CT molecular complexity index is 1040. The molecule has 0 aliphatic carbocycles. The van der Waals surface area contributed by atoms with Crippen molar-refractivity contribution in [1.29, 1.82) is 0 Å². The molecular formula is C25H32FN3O4. The van der Waals surface area contributed by atoms with Gasteiger partial charge in [-0.25, -0.2) is 9.18 Å². The molecule has 2 aliphatic heterocycles. The lowest BCUT2D eigenvalue weighted by Crippen LogP contribution is -2.40. The highest BCUT2D eigenvalue weighted by atomic mass is 19.1. The third-order valence-electron chi connectivity index (χ3n) is 6.68. The molecule has 0 unspecified atom stereocenters. The largest absolute Gasteiger partial charge is 0.462 e. The van der Waals surface area contributed by atoms with Crippen LogP contribution in [-0.4, -0.2) is 48.0 Å². The third-order valence-corrected chi connectivity index (χ3v) is 6.68. The highest BCUT2D eigenvalue weighted by Gasteiger charge is 2.40. The van der Waals surface area contributed by atoms with E-state index in [1.165, 1.54) is 24.3 Å². The van der Waals surface area contributed by atoms with Crippen molar-refractivity contribution in [2.75, 3.05) is 26.4 Å². The smallest absolute Gasteiger partial charge is 0.338 e. The van der Waals surface area contributed by atoms with E-state index in [1.54, 1.807) is 4.68 Å². The van der Waals surface area contributed by atoms with E-state index >= 15 is 0 Å². The normalized spacial score (nSPS) is 17.9. The number of aryl methyl sites for hydroxylation is 1. The summed E-state index contributed by atoms with van der Waals surface area (Å²) in [7, 11) is 0. The summed E-state index contributed by atoms with van der Waals surface area (Å²) in [4.78, 5) is 25.4. The van der Waals surface area contributed by atoms with E-state index < -0.39 is 17.2 Å². The third kappa shape index (κ3) is 5.11. The van der Waals surface area contributed by atoms with Gasteiger partial charge in [-0.05, 0) is 49.8 Å². The molecule has 0 atom stereocenters. The lowest BCUT2D eigenvalue weighted by atomic mass is 9.74. The second kappa shape index (κ2) is 9.25. The van der Waals surface area contributed by atoms with Crippen molar-refractivity contribution in [2.24, 2.45) is 10.8 Å². The number of fused-ring (bicyclic) bond motifs is 1. The van der Waals surface area contributed by atoms with Crippen LogP contribution in [0.3, 0.4) is 0 Å². The maximum absolute atomic E-state index is 13.4. The maximum atomic E-state index is 13.4. The number of halogens is 1. The van der Waals surface area contributed by atoms with E-state index in [1.807, 2.05) is 20.8 Å². The number of esters is 1. The van der Waals surface area contributed by atoms with Crippen LogP contribution in [0.25, 0.3) is 0 Å². The first kappa shape index (κ1) is 23.4. The molecule has 1 saturated heterocycles. The number of hydrogen-bond acceptors (Lipinski definition) is 5. The van der Waals surface area contributed by atoms with Crippen LogP contribution in [0, 0.1) is 16.6 Å². The molecule has 0 bridgehead atoms. The van der Waals surface area contributed by atoms with Crippen LogP contribution in [0.5, 0.6) is 0 Å². The molecule has 2 aliphatic rings. The summed E-state index contributed by atoms with van der Waals surface area (Å²) in [6, 6.07) is 5.48. The van der Waals surface area contributed by atoms with Crippen LogP contribution < -0.4 is 5.32 Å². The van der Waals surface area contributed by atoms with E-state index in [0.717, 1.165) is 30.5 Å². The molecule has 8 heteroatoms. The lowest BCUT2D eigenvalue weighted by Gasteiger charge is -2.36. The number of ether oxygens (including phenoxy) is 2. The molecule has 178 valence electrons. The zero-order valence-corrected chi connectivity index (χ0v) is 19.6. The Kier molecular flexibility index (Phi) is 6.56. The van der Waals surface area contributed by atoms with Crippen molar-refractivity contribution in [1.82, 2.24) is 15.1 Å². The molecule has 1 amide bonds. The van der Waals surface area contributed by atoms with Crippen LogP contribution in [0.4, 0.5) is 4.39 Å². The van der Waals surface area contributed by atoms with E-state index in [4.69, 9.17) is 14.6 Å². The minimum Gasteiger partial charge on any atom is -0.462 e. The molecule has 1 fully saturated rings. The van der Waals surface area contributed by atoms with E-state index in [0.29, 0.717) is 38.4 Å². The summed E-state index contributed by atoms with van der Waals surface area (Å²) >= 11 is 0. The van der Waals surface area contributed by atoms with Gasteiger partial charge in [0.25, 0.3) is 5.91 Å². The minimum absolute atomic E-state index is 0.0243. The Hall–Kier alpha value is -2.74. The molecule has 4 rings (SSSR count). The van der Waals surface area contributed by atoms with Crippen LogP contribution in [0.2, 0.25) is 0 Å². The van der Waals surface area contributed by atoms with Gasteiger partial charge in [0.1, 0.15) is 11.5 Å². The number of amides is 1. The number of carbonyl (C=O) groups excluding carboxylic acids is 2. The first-order valence-corrected chi connectivity index (χ1v) is 11.6. The average Bonchev–Trinajstić information content (AvgIpc) is 3.05. The Morgan fingerprint density at radius 3 is 2.79 bits per heavy atom. The predicted molar refractivity (Wildman–Crippen MR) is 121 cm³/mol. The van der Waals surface area contributed by atoms with Gasteiger partial charge in [-0.3, -0.25) is 9.48 Å². The lowest BCUT2D eigenvalue weighted by molar-refractivity contribution is 0.0159. The number of carbonyl (C=O) groups is 2. The maximum Gasteiger partial charge on any atom is 0.338 e. The summed E-state index contributed by atoms with van der Waals surface area (Å²) in [5.74, 6) is -1.11. The fourth-order valence-electron chi connectivity index (χ4n) is 4.77. The molecule has 3 heterocycles. The van der Waals surface area contributed by atoms with Crippen LogP contribution in [0.15, 0.2) is 24.3 Å². The molecule has 2 aromatic rings. The van der Waals surface area contributed by atoms with Gasteiger partial charge in [0, 0.05) is 43.7 Å². The second-order valence-electron chi connectivity index (χ2n) is 9.99. The Labute approximate surface area is 193 Å². The van der Waals surface area contributed by atoms with Crippen LogP contribution in [-0.2, 0) is 28.9 Å². The van der Waals surface area contributed by atoms with Gasteiger partial charge >= 0.3 is 5.97 Å². The van der Waals surface area contributed by atoms with Gasteiger partial charge in [0.05, 0.1) is 17.9 Å². The summed E-state index contributed by atoms with van der Waals surface area (Å²) in [5, 5.41) is 7.92. The van der Waals surface area contributed by atoms with Gasteiger partial charge in [0.15, 0.2) is 0 Å². The number of nitrogens with one attached hydrogen (secondary N) is 1. The van der Waals surface area contributed by atoms with Crippen LogP contribution in [0.1, 0.15) is 65.7 Å². The number of hydrogen-bond donors (Lipinski definition) is 1. The summed E-state index contributed by atoms with van der Waals surface area (Å²) < 4.78 is 26.3. The van der Waals surface area contributed by atoms with Crippen LogP contribution >= 0.6 is 0 Å². The van der Waals surface area contributed by atoms with E-state index in [9.17, 15) is 14.0 Å². The van der Waals surface area contributed by atoms with Crippen molar-refractivity contribution in [3.05, 3.63) is 52.6 Å². The molecule has 7 nitrogen and oxygen atoms in total. The Morgan fingerprint density at radius 1 is 1.33 bits per heavy atom. The predicted octanol–water partition coefficient (Wildman–Crippen LogP) is 3.55. The quantitative estimate of drug-likeness (QED) is 0.671. The van der Waals surface area contributed by atoms with Crippen molar-refractivity contribution < 1.29 is 23.5 Å². The minimum atomic E-state index is -0.555. The summed E-state index contributed by atoms with van der Waals surface area (Å²) in [6.07, 6.45) is 3.13. The fourth-order valence-corrected chi connectivity index (χ4v) is 4.77. The van der Waals surface area contributed by atoms with Crippen molar-refractivity contribution in [3.63, 3.8) is 0 Å². The highest BCUT2D eigenvalue weighted by Crippen LogP contribution is 2.38. The average molecular weight is 458 g/mol. The van der Waals surface area contributed by atoms with Gasteiger partial charge in [-0.1, -0.05) is 19.9 Å².